The van der Waals surface area contributed by atoms with E-state index in [0.29, 0.717) is 26.3 Å². The van der Waals surface area contributed by atoms with E-state index in [0.717, 1.165) is 12.2 Å². The van der Waals surface area contributed by atoms with Crippen molar-refractivity contribution in [3.8, 4) is 0 Å². The van der Waals surface area contributed by atoms with Crippen molar-refractivity contribution in [2.75, 3.05) is 54.2 Å². The number of hydrogen-bond donors (Lipinski definition) is 0. The Bertz CT molecular complexity index is 373. The van der Waals surface area contributed by atoms with Crippen LogP contribution >= 0.6 is 0 Å². The van der Waals surface area contributed by atoms with Gasteiger partial charge in [0.2, 0.25) is 5.91 Å². The molecule has 8 heteroatoms. The minimum absolute atomic E-state index is 0.0469. The van der Waals surface area contributed by atoms with E-state index >= 15 is 0 Å². The lowest BCUT2D eigenvalue weighted by atomic mass is 10.3. The molecule has 0 aliphatic carbocycles. The lowest BCUT2D eigenvalue weighted by molar-refractivity contribution is -0.141. The summed E-state index contributed by atoms with van der Waals surface area (Å²) in [5, 5.41) is 0. The second-order valence-corrected chi connectivity index (χ2v) is 4.14. The number of ether oxygens (including phenoxy) is 4. The molecule has 0 aromatic carbocycles. The summed E-state index contributed by atoms with van der Waals surface area (Å²) in [5.74, 6) is -1.53. The molecule has 0 heterocycles. The molecule has 126 valence electrons. The van der Waals surface area contributed by atoms with E-state index in [2.05, 4.69) is 4.74 Å². The van der Waals surface area contributed by atoms with Gasteiger partial charge in [0, 0.05) is 39.5 Å². The van der Waals surface area contributed by atoms with Crippen molar-refractivity contribution in [3.63, 3.8) is 0 Å². The van der Waals surface area contributed by atoms with Crippen molar-refractivity contribution in [3.05, 3.63) is 12.2 Å². The summed E-state index contributed by atoms with van der Waals surface area (Å²) in [5.41, 5.74) is 0. The van der Waals surface area contributed by atoms with Crippen molar-refractivity contribution < 1.29 is 33.3 Å². The first-order valence-corrected chi connectivity index (χ1v) is 6.73. The molecular weight excluding hydrogens is 294 g/mol. The zero-order chi connectivity index (χ0) is 16.8. The van der Waals surface area contributed by atoms with E-state index in [1.54, 1.807) is 19.1 Å². The number of methoxy groups -OCH3 is 3. The molecule has 1 amide bonds. The molecule has 0 aromatic rings. The number of esters is 2. The molecule has 0 rings (SSSR count). The topological polar surface area (TPSA) is 91.4 Å². The summed E-state index contributed by atoms with van der Waals surface area (Å²) in [4.78, 5) is 35.6. The molecule has 0 atom stereocenters. The van der Waals surface area contributed by atoms with Gasteiger partial charge in [-0.05, 0) is 0 Å². The van der Waals surface area contributed by atoms with Crippen LogP contribution < -0.4 is 0 Å². The Morgan fingerprint density at radius 3 is 1.91 bits per heavy atom. The van der Waals surface area contributed by atoms with Gasteiger partial charge in [0.25, 0.3) is 0 Å². The molecule has 0 bridgehead atoms. The van der Waals surface area contributed by atoms with E-state index in [4.69, 9.17) is 14.2 Å². The zero-order valence-corrected chi connectivity index (χ0v) is 13.2. The Hall–Kier alpha value is -1.93. The average molecular weight is 317 g/mol. The third-order valence-corrected chi connectivity index (χ3v) is 2.60. The molecular formula is C14H23NO7. The maximum absolute atomic E-state index is 12.0. The van der Waals surface area contributed by atoms with Gasteiger partial charge in [0.15, 0.2) is 0 Å². The van der Waals surface area contributed by atoms with Crippen LogP contribution in [0, 0.1) is 0 Å². The smallest absolute Gasteiger partial charge is 0.331 e. The van der Waals surface area contributed by atoms with Crippen LogP contribution in [0.1, 0.15) is 6.42 Å². The molecule has 0 N–H and O–H groups in total. The molecule has 0 fully saturated rings. The zero-order valence-electron chi connectivity index (χ0n) is 13.2. The lowest BCUT2D eigenvalue weighted by Crippen LogP contribution is -2.37. The van der Waals surface area contributed by atoms with Gasteiger partial charge in [-0.3, -0.25) is 4.79 Å². The summed E-state index contributed by atoms with van der Waals surface area (Å²) in [6, 6.07) is 0. The van der Waals surface area contributed by atoms with Gasteiger partial charge >= 0.3 is 11.9 Å². The Morgan fingerprint density at radius 1 is 0.864 bits per heavy atom. The Morgan fingerprint density at radius 2 is 1.41 bits per heavy atom. The third-order valence-electron chi connectivity index (χ3n) is 2.60. The first-order valence-electron chi connectivity index (χ1n) is 6.73. The minimum Gasteiger partial charge on any atom is -0.466 e. The molecule has 8 nitrogen and oxygen atoms in total. The fourth-order valence-corrected chi connectivity index (χ4v) is 1.41. The van der Waals surface area contributed by atoms with Gasteiger partial charge in [-0.15, -0.1) is 0 Å². The highest BCUT2D eigenvalue weighted by molar-refractivity contribution is 5.91. The van der Waals surface area contributed by atoms with Crippen molar-refractivity contribution in [2.24, 2.45) is 0 Å². The molecule has 0 unspecified atom stereocenters. The molecule has 0 saturated heterocycles. The third kappa shape index (κ3) is 9.89. The van der Waals surface area contributed by atoms with Crippen LogP contribution in [0.5, 0.6) is 0 Å². The predicted molar refractivity (Wildman–Crippen MR) is 77.1 cm³/mol. The average Bonchev–Trinajstić information content (AvgIpc) is 2.52. The Balaban J connectivity index is 4.13. The van der Waals surface area contributed by atoms with Gasteiger partial charge in [0.05, 0.1) is 26.7 Å². The SMILES string of the molecule is COCCN(CCOC)C(=O)CCOC(=O)C=CC(=O)OC. The number of hydrogen-bond acceptors (Lipinski definition) is 7. The summed E-state index contributed by atoms with van der Waals surface area (Å²) >= 11 is 0. The highest BCUT2D eigenvalue weighted by Gasteiger charge is 2.13. The second kappa shape index (κ2) is 12.8. The van der Waals surface area contributed by atoms with Gasteiger partial charge < -0.3 is 23.8 Å². The molecule has 0 radical (unpaired) electrons. The number of rotatable bonds is 11. The Kier molecular flexibility index (Phi) is 11.7. The molecule has 0 aliphatic rings. The van der Waals surface area contributed by atoms with E-state index in [-0.39, 0.29) is 18.9 Å². The van der Waals surface area contributed by atoms with Crippen molar-refractivity contribution in [2.45, 2.75) is 6.42 Å². The molecule has 0 saturated carbocycles. The van der Waals surface area contributed by atoms with Crippen LogP contribution in [-0.2, 0) is 33.3 Å². The van der Waals surface area contributed by atoms with Gasteiger partial charge in [-0.25, -0.2) is 9.59 Å². The molecule has 0 aromatic heterocycles. The van der Waals surface area contributed by atoms with Gasteiger partial charge in [-0.2, -0.15) is 0 Å². The predicted octanol–water partition coefficient (Wildman–Crippen LogP) is -0.230. The fraction of sp³-hybridized carbons (Fsp3) is 0.643. The lowest BCUT2D eigenvalue weighted by Gasteiger charge is -2.21. The molecule has 0 spiro atoms. The second-order valence-electron chi connectivity index (χ2n) is 4.14. The quantitative estimate of drug-likeness (QED) is 0.384. The minimum atomic E-state index is -0.710. The summed E-state index contributed by atoms with van der Waals surface area (Å²) in [6.45, 7) is 1.64. The van der Waals surface area contributed by atoms with E-state index in [1.807, 2.05) is 0 Å². The highest BCUT2D eigenvalue weighted by Crippen LogP contribution is 1.97. The summed E-state index contributed by atoms with van der Waals surface area (Å²) < 4.78 is 19.0. The monoisotopic (exact) mass is 317 g/mol. The number of carbonyl (C=O) groups is 3. The fourth-order valence-electron chi connectivity index (χ4n) is 1.41. The van der Waals surface area contributed by atoms with Gasteiger partial charge in [0.1, 0.15) is 6.61 Å². The first-order chi connectivity index (χ1) is 10.5. The van der Waals surface area contributed by atoms with E-state index in [9.17, 15) is 14.4 Å². The van der Waals surface area contributed by atoms with Crippen molar-refractivity contribution >= 4 is 17.8 Å². The standard InChI is InChI=1S/C14H23NO7/c1-19-10-7-15(8-11-20-2)12(16)6-9-22-14(18)5-4-13(17)21-3/h4-5H,6-11H2,1-3H3. The molecule has 22 heavy (non-hydrogen) atoms. The maximum Gasteiger partial charge on any atom is 0.331 e. The van der Waals surface area contributed by atoms with Crippen molar-refractivity contribution in [1.29, 1.82) is 0 Å². The summed E-state index contributed by atoms with van der Waals surface area (Å²) in [7, 11) is 4.30. The highest BCUT2D eigenvalue weighted by atomic mass is 16.5. The van der Waals surface area contributed by atoms with Crippen LogP contribution in [0.15, 0.2) is 12.2 Å². The number of carbonyl (C=O) groups excluding carboxylic acids is 3. The number of nitrogens with zero attached hydrogens (tertiary/aromatic N) is 1. The largest absolute Gasteiger partial charge is 0.466 e. The summed E-state index contributed by atoms with van der Waals surface area (Å²) in [6.07, 6.45) is 1.95. The van der Waals surface area contributed by atoms with E-state index in [1.165, 1.54) is 7.11 Å². The number of amides is 1. The van der Waals surface area contributed by atoms with Crippen molar-refractivity contribution in [1.82, 2.24) is 4.90 Å². The van der Waals surface area contributed by atoms with Crippen LogP contribution in [0.25, 0.3) is 0 Å². The molecule has 0 aliphatic heterocycles. The van der Waals surface area contributed by atoms with Crippen LogP contribution in [0.2, 0.25) is 0 Å². The van der Waals surface area contributed by atoms with Crippen LogP contribution in [-0.4, -0.2) is 77.0 Å². The van der Waals surface area contributed by atoms with E-state index < -0.39 is 11.9 Å². The normalized spacial score (nSPS) is 10.5. The Labute approximate surface area is 129 Å². The van der Waals surface area contributed by atoms with Crippen LogP contribution in [0.4, 0.5) is 0 Å². The first kappa shape index (κ1) is 20.1. The van der Waals surface area contributed by atoms with Gasteiger partial charge in [-0.1, -0.05) is 0 Å². The maximum atomic E-state index is 12.0. The van der Waals surface area contributed by atoms with Crippen LogP contribution in [0.3, 0.4) is 0 Å².